The van der Waals surface area contributed by atoms with Crippen LogP contribution in [0.2, 0.25) is 0 Å². The second-order valence-corrected chi connectivity index (χ2v) is 9.01. The van der Waals surface area contributed by atoms with E-state index in [1.54, 1.807) is 28.6 Å². The van der Waals surface area contributed by atoms with Gasteiger partial charge in [0.15, 0.2) is 0 Å². The number of aryl methyl sites for hydroxylation is 1. The molecule has 28 heavy (non-hydrogen) atoms. The maximum absolute atomic E-state index is 13.0. The lowest BCUT2D eigenvalue weighted by molar-refractivity contribution is 0.234. The number of carbonyl (C=O) groups is 1. The highest BCUT2D eigenvalue weighted by Crippen LogP contribution is 2.26. The van der Waals surface area contributed by atoms with Crippen molar-refractivity contribution in [2.24, 2.45) is 0 Å². The average Bonchev–Trinajstić information content (AvgIpc) is 2.69. The van der Waals surface area contributed by atoms with Crippen molar-refractivity contribution in [2.75, 3.05) is 18.4 Å². The van der Waals surface area contributed by atoms with Crippen LogP contribution in [0.3, 0.4) is 0 Å². The molecule has 7 heteroatoms. The van der Waals surface area contributed by atoms with E-state index in [1.165, 1.54) is 0 Å². The third-order valence-electron chi connectivity index (χ3n) is 4.96. The van der Waals surface area contributed by atoms with Crippen LogP contribution in [0.25, 0.3) is 0 Å². The van der Waals surface area contributed by atoms with E-state index in [9.17, 15) is 13.2 Å². The minimum atomic E-state index is -3.51. The minimum Gasteiger partial charge on any atom is -0.338 e. The second-order valence-electron chi connectivity index (χ2n) is 7.12. The van der Waals surface area contributed by atoms with E-state index >= 15 is 0 Å². The molecule has 1 aliphatic heterocycles. The molecule has 1 aliphatic rings. The van der Waals surface area contributed by atoms with Crippen LogP contribution in [0.5, 0.6) is 0 Å². The van der Waals surface area contributed by atoms with Crippen molar-refractivity contribution >= 4 is 21.7 Å². The number of hydrogen-bond acceptors (Lipinski definition) is 3. The fourth-order valence-electron chi connectivity index (χ4n) is 3.56. The first-order valence-electron chi connectivity index (χ1n) is 9.65. The summed E-state index contributed by atoms with van der Waals surface area (Å²) in [6.45, 7) is 2.91. The first-order chi connectivity index (χ1) is 13.5. The van der Waals surface area contributed by atoms with Gasteiger partial charge < -0.3 is 10.6 Å². The standard InChI is InChI=1S/C21H27N3O3S/c1-17-8-7-9-18(16-17)23-21(25)22-14-13-19-10-5-6-15-24(19)28(26,27)20-11-3-2-4-12-20/h2-4,7-9,11-12,16,19H,5-6,10,13-15H2,1H3,(H2,22,23,25). The van der Waals surface area contributed by atoms with Crippen molar-refractivity contribution in [3.8, 4) is 0 Å². The average molecular weight is 402 g/mol. The number of rotatable bonds is 6. The van der Waals surface area contributed by atoms with Crippen LogP contribution >= 0.6 is 0 Å². The Bertz CT molecular complexity index is 900. The van der Waals surface area contributed by atoms with Gasteiger partial charge in [-0.15, -0.1) is 0 Å². The summed E-state index contributed by atoms with van der Waals surface area (Å²) in [6.07, 6.45) is 3.27. The fraction of sp³-hybridized carbons (Fsp3) is 0.381. The van der Waals surface area contributed by atoms with Crippen molar-refractivity contribution in [3.05, 3.63) is 60.2 Å². The molecule has 0 bridgehead atoms. The number of piperidine rings is 1. The molecule has 0 spiro atoms. The molecule has 1 unspecified atom stereocenters. The van der Waals surface area contributed by atoms with Gasteiger partial charge in [-0.3, -0.25) is 0 Å². The molecule has 0 radical (unpaired) electrons. The van der Waals surface area contributed by atoms with Gasteiger partial charge in [0.1, 0.15) is 0 Å². The monoisotopic (exact) mass is 401 g/mol. The Morgan fingerprint density at radius 3 is 2.64 bits per heavy atom. The molecule has 0 aromatic heterocycles. The van der Waals surface area contributed by atoms with Crippen LogP contribution in [0, 0.1) is 6.92 Å². The zero-order chi connectivity index (χ0) is 20.0. The molecular weight excluding hydrogens is 374 g/mol. The predicted molar refractivity (Wildman–Crippen MR) is 111 cm³/mol. The summed E-state index contributed by atoms with van der Waals surface area (Å²) >= 11 is 0. The van der Waals surface area contributed by atoms with Crippen LogP contribution in [-0.4, -0.2) is 37.9 Å². The van der Waals surface area contributed by atoms with E-state index in [-0.39, 0.29) is 12.1 Å². The van der Waals surface area contributed by atoms with Gasteiger partial charge in [-0.1, -0.05) is 36.8 Å². The summed E-state index contributed by atoms with van der Waals surface area (Å²) in [4.78, 5) is 12.4. The van der Waals surface area contributed by atoms with E-state index in [0.29, 0.717) is 24.4 Å². The highest BCUT2D eigenvalue weighted by Gasteiger charge is 2.33. The molecule has 1 heterocycles. The van der Waals surface area contributed by atoms with Crippen LogP contribution in [-0.2, 0) is 10.0 Å². The highest BCUT2D eigenvalue weighted by atomic mass is 32.2. The van der Waals surface area contributed by atoms with Crippen LogP contribution < -0.4 is 10.6 Å². The summed E-state index contributed by atoms with van der Waals surface area (Å²) in [7, 11) is -3.51. The quantitative estimate of drug-likeness (QED) is 0.774. The molecule has 3 rings (SSSR count). The van der Waals surface area contributed by atoms with E-state index < -0.39 is 10.0 Å². The number of sulfonamides is 1. The largest absolute Gasteiger partial charge is 0.338 e. The number of amides is 2. The summed E-state index contributed by atoms with van der Waals surface area (Å²) in [5.41, 5.74) is 1.81. The molecule has 150 valence electrons. The Kier molecular flexibility index (Phi) is 6.70. The van der Waals surface area contributed by atoms with Crippen molar-refractivity contribution in [1.29, 1.82) is 0 Å². The Hall–Kier alpha value is -2.38. The van der Waals surface area contributed by atoms with Gasteiger partial charge >= 0.3 is 6.03 Å². The lowest BCUT2D eigenvalue weighted by Crippen LogP contribution is -2.45. The molecule has 2 aromatic rings. The minimum absolute atomic E-state index is 0.0989. The molecule has 0 saturated carbocycles. The Morgan fingerprint density at radius 1 is 1.11 bits per heavy atom. The van der Waals surface area contributed by atoms with Gasteiger partial charge in [-0.2, -0.15) is 4.31 Å². The molecule has 1 fully saturated rings. The lowest BCUT2D eigenvalue weighted by atomic mass is 10.0. The first kappa shape index (κ1) is 20.4. The van der Waals surface area contributed by atoms with Crippen LogP contribution in [0.4, 0.5) is 10.5 Å². The third kappa shape index (κ3) is 5.11. The van der Waals surface area contributed by atoms with E-state index in [4.69, 9.17) is 0 Å². The molecule has 6 nitrogen and oxygen atoms in total. The molecule has 2 amide bonds. The predicted octanol–water partition coefficient (Wildman–Crippen LogP) is 3.75. The first-order valence-corrected chi connectivity index (χ1v) is 11.1. The maximum atomic E-state index is 13.0. The molecule has 1 saturated heterocycles. The number of hydrogen-bond donors (Lipinski definition) is 2. The van der Waals surface area contributed by atoms with Crippen molar-refractivity contribution in [1.82, 2.24) is 9.62 Å². The zero-order valence-corrected chi connectivity index (χ0v) is 16.9. The SMILES string of the molecule is Cc1cccc(NC(=O)NCCC2CCCCN2S(=O)(=O)c2ccccc2)c1. The van der Waals surface area contributed by atoms with Crippen LogP contribution in [0.1, 0.15) is 31.2 Å². The van der Waals surface area contributed by atoms with Gasteiger partial charge in [0.25, 0.3) is 0 Å². The van der Waals surface area contributed by atoms with Crippen molar-refractivity contribution in [3.63, 3.8) is 0 Å². The smallest absolute Gasteiger partial charge is 0.319 e. The Morgan fingerprint density at radius 2 is 1.89 bits per heavy atom. The number of urea groups is 1. The van der Waals surface area contributed by atoms with Gasteiger partial charge in [-0.05, 0) is 56.0 Å². The Balaban J connectivity index is 1.57. The summed E-state index contributed by atoms with van der Waals surface area (Å²) < 4.78 is 27.6. The summed E-state index contributed by atoms with van der Waals surface area (Å²) in [5.74, 6) is 0. The molecule has 2 aromatic carbocycles. The van der Waals surface area contributed by atoms with Gasteiger partial charge in [0.05, 0.1) is 4.90 Å². The number of nitrogens with one attached hydrogen (secondary N) is 2. The second kappa shape index (κ2) is 9.21. The zero-order valence-electron chi connectivity index (χ0n) is 16.1. The molecule has 1 atom stereocenters. The van der Waals surface area contributed by atoms with Crippen molar-refractivity contribution < 1.29 is 13.2 Å². The topological polar surface area (TPSA) is 78.5 Å². The van der Waals surface area contributed by atoms with E-state index in [0.717, 1.165) is 30.5 Å². The number of benzene rings is 2. The van der Waals surface area contributed by atoms with E-state index in [1.807, 2.05) is 37.3 Å². The maximum Gasteiger partial charge on any atom is 0.319 e. The number of anilines is 1. The summed E-state index contributed by atoms with van der Waals surface area (Å²) in [5, 5.41) is 5.64. The normalized spacial score (nSPS) is 17.8. The highest BCUT2D eigenvalue weighted by molar-refractivity contribution is 7.89. The molecule has 0 aliphatic carbocycles. The number of nitrogens with zero attached hydrogens (tertiary/aromatic N) is 1. The van der Waals surface area contributed by atoms with Crippen molar-refractivity contribution in [2.45, 2.75) is 43.5 Å². The fourth-order valence-corrected chi connectivity index (χ4v) is 5.30. The van der Waals surface area contributed by atoms with Gasteiger partial charge in [0, 0.05) is 24.8 Å². The Labute approximate surface area is 167 Å². The van der Waals surface area contributed by atoms with Crippen LogP contribution in [0.15, 0.2) is 59.5 Å². The summed E-state index contributed by atoms with van der Waals surface area (Å²) in [6, 6.07) is 15.8. The molecule has 2 N–H and O–H groups in total. The number of carbonyl (C=O) groups excluding carboxylic acids is 1. The van der Waals surface area contributed by atoms with Gasteiger partial charge in [-0.25, -0.2) is 13.2 Å². The van der Waals surface area contributed by atoms with Gasteiger partial charge in [0.2, 0.25) is 10.0 Å². The van der Waals surface area contributed by atoms with E-state index in [2.05, 4.69) is 10.6 Å². The lowest BCUT2D eigenvalue weighted by Gasteiger charge is -2.34. The molecular formula is C21H27N3O3S. The third-order valence-corrected chi connectivity index (χ3v) is 6.93.